The van der Waals surface area contributed by atoms with Crippen molar-refractivity contribution in [2.75, 3.05) is 13.2 Å². The lowest BCUT2D eigenvalue weighted by Crippen LogP contribution is -2.44. The molecule has 6 heteroatoms. The third-order valence-electron chi connectivity index (χ3n) is 1.95. The van der Waals surface area contributed by atoms with Crippen molar-refractivity contribution in [2.45, 2.75) is 24.1 Å². The van der Waals surface area contributed by atoms with Gasteiger partial charge in [-0.2, -0.15) is 0 Å². The molecule has 5 nitrogen and oxygen atoms in total. The molecular formula is C6H12FNO4. The average Bonchev–Trinajstić information content (AvgIpc) is 2.31. The number of nitrogens with two attached hydrogens (primary N) is 1. The minimum Gasteiger partial charge on any atom is -0.387 e. The Morgan fingerprint density at radius 2 is 2.08 bits per heavy atom. The van der Waals surface area contributed by atoms with Gasteiger partial charge in [-0.1, -0.05) is 0 Å². The average molecular weight is 181 g/mol. The number of alkyl halides is 1. The Kier molecular flexibility index (Phi) is 2.64. The molecule has 0 aromatic carbocycles. The smallest absolute Gasteiger partial charge is 0.224 e. The lowest BCUT2D eigenvalue weighted by molar-refractivity contribution is -0.233. The second kappa shape index (κ2) is 3.23. The number of halogens is 1. The Balaban J connectivity index is 2.72. The third kappa shape index (κ3) is 1.32. The quantitative estimate of drug-likeness (QED) is 0.385. The second-order valence-electron chi connectivity index (χ2n) is 2.81. The maximum Gasteiger partial charge on any atom is 0.224 e. The van der Waals surface area contributed by atoms with Crippen molar-refractivity contribution in [1.29, 1.82) is 0 Å². The first-order chi connectivity index (χ1) is 5.55. The van der Waals surface area contributed by atoms with Crippen LogP contribution in [0.4, 0.5) is 4.39 Å². The standard InChI is InChI=1S/C6H12FNO4/c7-2-6(11)5(10)4(9)3(1-8)12-6/h3-5,9-11H,1-2,8H2. The molecule has 5 N–H and O–H groups in total. The molecule has 0 aliphatic carbocycles. The second-order valence-corrected chi connectivity index (χ2v) is 2.81. The minimum atomic E-state index is -2.30. The van der Waals surface area contributed by atoms with Crippen molar-refractivity contribution in [1.82, 2.24) is 0 Å². The molecule has 1 heterocycles. The van der Waals surface area contributed by atoms with Crippen molar-refractivity contribution in [3.8, 4) is 0 Å². The number of hydrogen-bond donors (Lipinski definition) is 4. The fraction of sp³-hybridized carbons (Fsp3) is 1.00. The molecule has 1 rings (SSSR count). The zero-order valence-electron chi connectivity index (χ0n) is 6.35. The van der Waals surface area contributed by atoms with Crippen LogP contribution in [0.3, 0.4) is 0 Å². The highest BCUT2D eigenvalue weighted by Crippen LogP contribution is 2.28. The van der Waals surface area contributed by atoms with Gasteiger partial charge in [-0.05, 0) is 0 Å². The van der Waals surface area contributed by atoms with E-state index in [0.29, 0.717) is 0 Å². The van der Waals surface area contributed by atoms with Crippen molar-refractivity contribution < 1.29 is 24.4 Å². The molecule has 0 aromatic heterocycles. The Morgan fingerprint density at radius 1 is 1.50 bits per heavy atom. The minimum absolute atomic E-state index is 0.0828. The fourth-order valence-corrected chi connectivity index (χ4v) is 1.17. The maximum absolute atomic E-state index is 12.1. The maximum atomic E-state index is 12.1. The largest absolute Gasteiger partial charge is 0.387 e. The van der Waals surface area contributed by atoms with Gasteiger partial charge in [-0.3, -0.25) is 0 Å². The summed E-state index contributed by atoms with van der Waals surface area (Å²) in [6.07, 6.45) is -3.90. The summed E-state index contributed by atoms with van der Waals surface area (Å²) >= 11 is 0. The van der Waals surface area contributed by atoms with E-state index in [4.69, 9.17) is 15.9 Å². The normalized spacial score (nSPS) is 48.2. The topological polar surface area (TPSA) is 95.9 Å². The van der Waals surface area contributed by atoms with Crippen LogP contribution in [0.1, 0.15) is 0 Å². The van der Waals surface area contributed by atoms with Gasteiger partial charge in [0.15, 0.2) is 0 Å². The monoisotopic (exact) mass is 181 g/mol. The summed E-state index contributed by atoms with van der Waals surface area (Å²) in [5.74, 6) is -2.30. The molecule has 0 amide bonds. The highest BCUT2D eigenvalue weighted by atomic mass is 19.1. The summed E-state index contributed by atoms with van der Waals surface area (Å²) in [5.41, 5.74) is 5.13. The molecule has 72 valence electrons. The van der Waals surface area contributed by atoms with E-state index in [1.807, 2.05) is 0 Å². The summed E-state index contributed by atoms with van der Waals surface area (Å²) < 4.78 is 16.8. The van der Waals surface area contributed by atoms with Crippen LogP contribution in [0.25, 0.3) is 0 Å². The number of hydrogen-bond acceptors (Lipinski definition) is 5. The summed E-state index contributed by atoms with van der Waals surface area (Å²) in [4.78, 5) is 0. The highest BCUT2D eigenvalue weighted by Gasteiger charge is 2.52. The fourth-order valence-electron chi connectivity index (χ4n) is 1.17. The zero-order valence-corrected chi connectivity index (χ0v) is 6.35. The molecule has 0 spiro atoms. The van der Waals surface area contributed by atoms with Gasteiger partial charge < -0.3 is 25.8 Å². The molecule has 12 heavy (non-hydrogen) atoms. The summed E-state index contributed by atoms with van der Waals surface area (Å²) in [6, 6.07) is 0. The summed E-state index contributed by atoms with van der Waals surface area (Å²) in [5, 5.41) is 27.4. The van der Waals surface area contributed by atoms with E-state index >= 15 is 0 Å². The molecule has 0 bridgehead atoms. The van der Waals surface area contributed by atoms with E-state index in [2.05, 4.69) is 4.74 Å². The van der Waals surface area contributed by atoms with E-state index < -0.39 is 30.8 Å². The highest BCUT2D eigenvalue weighted by molar-refractivity contribution is 4.95. The molecule has 1 fully saturated rings. The zero-order chi connectivity index (χ0) is 9.35. The van der Waals surface area contributed by atoms with Gasteiger partial charge >= 0.3 is 0 Å². The van der Waals surface area contributed by atoms with Crippen molar-refractivity contribution in [3.05, 3.63) is 0 Å². The van der Waals surface area contributed by atoms with Crippen molar-refractivity contribution in [3.63, 3.8) is 0 Å². The van der Waals surface area contributed by atoms with Crippen LogP contribution in [0.2, 0.25) is 0 Å². The van der Waals surface area contributed by atoms with Crippen molar-refractivity contribution in [2.24, 2.45) is 5.73 Å². The Bertz CT molecular complexity index is 170. The van der Waals surface area contributed by atoms with Gasteiger partial charge in [-0.15, -0.1) is 0 Å². The van der Waals surface area contributed by atoms with Crippen LogP contribution in [-0.4, -0.2) is 52.6 Å². The van der Waals surface area contributed by atoms with Gasteiger partial charge in [0.05, 0.1) is 0 Å². The van der Waals surface area contributed by atoms with Gasteiger partial charge in [-0.25, -0.2) is 4.39 Å². The molecule has 1 aliphatic rings. The molecule has 4 unspecified atom stereocenters. The molecular weight excluding hydrogens is 169 g/mol. The van der Waals surface area contributed by atoms with Crippen LogP contribution < -0.4 is 5.73 Å². The van der Waals surface area contributed by atoms with Crippen LogP contribution >= 0.6 is 0 Å². The Labute approximate surface area is 68.6 Å². The van der Waals surface area contributed by atoms with E-state index in [0.717, 1.165) is 0 Å². The molecule has 1 saturated heterocycles. The summed E-state index contributed by atoms with van der Waals surface area (Å²) in [6.45, 7) is -1.36. The van der Waals surface area contributed by atoms with Gasteiger partial charge in [0.25, 0.3) is 0 Å². The SMILES string of the molecule is NCC1OC(O)(CF)C(O)C1O. The summed E-state index contributed by atoms with van der Waals surface area (Å²) in [7, 11) is 0. The van der Waals surface area contributed by atoms with Gasteiger partial charge in [0, 0.05) is 6.54 Å². The molecule has 0 aromatic rings. The predicted octanol–water partition coefficient (Wildman–Crippen LogP) is -2.28. The Hall–Kier alpha value is -0.270. The number of rotatable bonds is 2. The lowest BCUT2D eigenvalue weighted by atomic mass is 10.1. The van der Waals surface area contributed by atoms with E-state index in [1.54, 1.807) is 0 Å². The molecule has 4 atom stereocenters. The van der Waals surface area contributed by atoms with Crippen LogP contribution in [0.5, 0.6) is 0 Å². The van der Waals surface area contributed by atoms with Crippen LogP contribution in [0.15, 0.2) is 0 Å². The molecule has 0 saturated carbocycles. The van der Waals surface area contributed by atoms with Crippen LogP contribution in [-0.2, 0) is 4.74 Å². The first-order valence-electron chi connectivity index (χ1n) is 3.57. The van der Waals surface area contributed by atoms with E-state index in [-0.39, 0.29) is 6.54 Å². The third-order valence-corrected chi connectivity index (χ3v) is 1.95. The lowest BCUT2D eigenvalue weighted by Gasteiger charge is -2.21. The van der Waals surface area contributed by atoms with Gasteiger partial charge in [0.2, 0.25) is 5.79 Å². The molecule has 1 aliphatic heterocycles. The predicted molar refractivity (Wildman–Crippen MR) is 36.9 cm³/mol. The van der Waals surface area contributed by atoms with Gasteiger partial charge in [0.1, 0.15) is 25.0 Å². The first kappa shape index (κ1) is 9.82. The van der Waals surface area contributed by atoms with Crippen molar-refractivity contribution >= 4 is 0 Å². The number of aliphatic hydroxyl groups excluding tert-OH is 2. The number of ether oxygens (including phenoxy) is 1. The van der Waals surface area contributed by atoms with E-state index in [1.165, 1.54) is 0 Å². The number of aliphatic hydroxyl groups is 3. The first-order valence-corrected chi connectivity index (χ1v) is 3.57. The van der Waals surface area contributed by atoms with Crippen LogP contribution in [0, 0.1) is 0 Å². The molecule has 0 radical (unpaired) electrons. The Morgan fingerprint density at radius 3 is 2.33 bits per heavy atom. The van der Waals surface area contributed by atoms with E-state index in [9.17, 15) is 9.50 Å².